The minimum absolute atomic E-state index is 0.0405. The number of hydrogen-bond acceptors (Lipinski definition) is 4. The zero-order valence-electron chi connectivity index (χ0n) is 9.39. The SMILES string of the molecule is C=CCNC(=O)COc1cc(Cl)ccc1[N+](=O)[O-]. The predicted molar refractivity (Wildman–Crippen MR) is 66.8 cm³/mol. The molecule has 6 nitrogen and oxygen atoms in total. The van der Waals surface area contributed by atoms with E-state index in [1.807, 2.05) is 0 Å². The summed E-state index contributed by atoms with van der Waals surface area (Å²) in [5.41, 5.74) is -0.240. The molecule has 0 bridgehead atoms. The van der Waals surface area contributed by atoms with Gasteiger partial charge in [0.1, 0.15) is 0 Å². The molecule has 0 spiro atoms. The highest BCUT2D eigenvalue weighted by atomic mass is 35.5. The molecule has 18 heavy (non-hydrogen) atoms. The number of rotatable bonds is 6. The summed E-state index contributed by atoms with van der Waals surface area (Å²) in [7, 11) is 0. The number of nitro groups is 1. The van der Waals surface area contributed by atoms with Crippen LogP contribution in [-0.4, -0.2) is 24.0 Å². The van der Waals surface area contributed by atoms with Crippen LogP contribution in [0, 0.1) is 10.1 Å². The van der Waals surface area contributed by atoms with Gasteiger partial charge in [0.05, 0.1) is 4.92 Å². The van der Waals surface area contributed by atoms with Gasteiger partial charge >= 0.3 is 5.69 Å². The van der Waals surface area contributed by atoms with Crippen molar-refractivity contribution in [3.63, 3.8) is 0 Å². The Kier molecular flexibility index (Phi) is 5.13. The highest BCUT2D eigenvalue weighted by molar-refractivity contribution is 6.30. The predicted octanol–water partition coefficient (Wildman–Crippen LogP) is 1.93. The van der Waals surface area contributed by atoms with Crippen LogP contribution >= 0.6 is 11.6 Å². The summed E-state index contributed by atoms with van der Waals surface area (Å²) in [5, 5.41) is 13.5. The molecule has 0 unspecified atom stereocenters. The van der Waals surface area contributed by atoms with Crippen molar-refractivity contribution in [3.05, 3.63) is 46.0 Å². The van der Waals surface area contributed by atoms with Crippen molar-refractivity contribution in [2.24, 2.45) is 0 Å². The number of nitrogens with one attached hydrogen (secondary N) is 1. The van der Waals surface area contributed by atoms with Crippen LogP contribution in [0.3, 0.4) is 0 Å². The maximum Gasteiger partial charge on any atom is 0.311 e. The highest BCUT2D eigenvalue weighted by Crippen LogP contribution is 2.29. The van der Waals surface area contributed by atoms with E-state index in [4.69, 9.17) is 16.3 Å². The number of nitrogens with zero attached hydrogens (tertiary/aromatic N) is 1. The molecule has 0 fully saturated rings. The lowest BCUT2D eigenvalue weighted by atomic mass is 10.3. The van der Waals surface area contributed by atoms with Gasteiger partial charge in [-0.25, -0.2) is 0 Å². The quantitative estimate of drug-likeness (QED) is 0.486. The molecule has 0 aliphatic rings. The van der Waals surface area contributed by atoms with Crippen LogP contribution in [0.25, 0.3) is 0 Å². The lowest BCUT2D eigenvalue weighted by Crippen LogP contribution is -2.28. The number of amides is 1. The molecule has 1 rings (SSSR count). The fraction of sp³-hybridized carbons (Fsp3) is 0.182. The standard InChI is InChI=1S/C11H11ClN2O4/c1-2-5-13-11(15)7-18-10-6-8(12)3-4-9(10)14(16)17/h2-4,6H,1,5,7H2,(H,13,15). The summed E-state index contributed by atoms with van der Waals surface area (Å²) in [6, 6.07) is 3.89. The summed E-state index contributed by atoms with van der Waals surface area (Å²) in [5.74, 6) is -0.439. The fourth-order valence-electron chi connectivity index (χ4n) is 1.13. The Balaban J connectivity index is 2.71. The van der Waals surface area contributed by atoms with E-state index in [1.165, 1.54) is 24.3 Å². The summed E-state index contributed by atoms with van der Waals surface area (Å²) in [4.78, 5) is 21.4. The average Bonchev–Trinajstić information content (AvgIpc) is 2.33. The van der Waals surface area contributed by atoms with E-state index in [0.29, 0.717) is 11.6 Å². The molecular formula is C11H11ClN2O4. The Morgan fingerprint density at radius 1 is 1.61 bits per heavy atom. The molecule has 0 saturated carbocycles. The first kappa shape index (κ1) is 14.0. The number of benzene rings is 1. The van der Waals surface area contributed by atoms with Crippen molar-refractivity contribution in [1.29, 1.82) is 0 Å². The Bertz CT molecular complexity index is 476. The average molecular weight is 271 g/mol. The molecule has 0 atom stereocenters. The molecule has 7 heteroatoms. The first-order chi connectivity index (χ1) is 8.54. The molecule has 0 radical (unpaired) electrons. The van der Waals surface area contributed by atoms with E-state index < -0.39 is 10.8 Å². The molecule has 0 heterocycles. The largest absolute Gasteiger partial charge is 0.477 e. The smallest absolute Gasteiger partial charge is 0.311 e. The third-order valence-electron chi connectivity index (χ3n) is 1.92. The summed E-state index contributed by atoms with van der Waals surface area (Å²) in [6.07, 6.45) is 1.51. The van der Waals surface area contributed by atoms with Crippen LogP contribution in [-0.2, 0) is 4.79 Å². The van der Waals surface area contributed by atoms with Crippen LogP contribution in [0.4, 0.5) is 5.69 Å². The molecular weight excluding hydrogens is 260 g/mol. The van der Waals surface area contributed by atoms with Gasteiger partial charge in [-0.1, -0.05) is 17.7 Å². The van der Waals surface area contributed by atoms with Gasteiger partial charge in [-0.3, -0.25) is 14.9 Å². The second-order valence-corrected chi connectivity index (χ2v) is 3.69. The minimum Gasteiger partial charge on any atom is -0.477 e. The molecule has 1 aromatic rings. The highest BCUT2D eigenvalue weighted by Gasteiger charge is 2.16. The van der Waals surface area contributed by atoms with Gasteiger partial charge < -0.3 is 10.1 Å². The first-order valence-corrected chi connectivity index (χ1v) is 5.36. The monoisotopic (exact) mass is 270 g/mol. The Labute approximate surface area is 108 Å². The first-order valence-electron chi connectivity index (χ1n) is 4.99. The zero-order valence-corrected chi connectivity index (χ0v) is 10.1. The van der Waals surface area contributed by atoms with Crippen LogP contribution < -0.4 is 10.1 Å². The lowest BCUT2D eigenvalue weighted by molar-refractivity contribution is -0.385. The molecule has 0 aliphatic heterocycles. The molecule has 1 N–H and O–H groups in total. The number of hydrogen-bond donors (Lipinski definition) is 1. The van der Waals surface area contributed by atoms with E-state index in [2.05, 4.69) is 11.9 Å². The normalized spacial score (nSPS) is 9.61. The number of carbonyl (C=O) groups excluding carboxylic acids is 1. The lowest BCUT2D eigenvalue weighted by Gasteiger charge is -2.06. The Morgan fingerprint density at radius 2 is 2.33 bits per heavy atom. The van der Waals surface area contributed by atoms with Gasteiger partial charge in [-0.15, -0.1) is 6.58 Å². The molecule has 0 aliphatic carbocycles. The van der Waals surface area contributed by atoms with Crippen LogP contribution in [0.2, 0.25) is 5.02 Å². The molecule has 0 aromatic heterocycles. The number of carbonyl (C=O) groups is 1. The number of ether oxygens (including phenoxy) is 1. The summed E-state index contributed by atoms with van der Waals surface area (Å²) >= 11 is 5.70. The van der Waals surface area contributed by atoms with E-state index in [0.717, 1.165) is 0 Å². The van der Waals surface area contributed by atoms with Crippen LogP contribution in [0.1, 0.15) is 0 Å². The van der Waals surface area contributed by atoms with Crippen LogP contribution in [0.15, 0.2) is 30.9 Å². The van der Waals surface area contributed by atoms with Crippen LogP contribution in [0.5, 0.6) is 5.75 Å². The molecule has 96 valence electrons. The molecule has 0 saturated heterocycles. The topological polar surface area (TPSA) is 81.5 Å². The van der Waals surface area contributed by atoms with Crippen molar-refractivity contribution in [2.45, 2.75) is 0 Å². The van der Waals surface area contributed by atoms with Crippen molar-refractivity contribution in [3.8, 4) is 5.75 Å². The molecule has 1 aromatic carbocycles. The van der Waals surface area contributed by atoms with Crippen molar-refractivity contribution in [1.82, 2.24) is 5.32 Å². The zero-order chi connectivity index (χ0) is 13.5. The molecule has 1 amide bonds. The van der Waals surface area contributed by atoms with Gasteiger partial charge in [0.25, 0.3) is 5.91 Å². The van der Waals surface area contributed by atoms with E-state index in [1.54, 1.807) is 0 Å². The number of halogens is 1. The van der Waals surface area contributed by atoms with Crippen molar-refractivity contribution in [2.75, 3.05) is 13.2 Å². The van der Waals surface area contributed by atoms with Gasteiger partial charge in [0.2, 0.25) is 0 Å². The maximum absolute atomic E-state index is 11.3. The Morgan fingerprint density at radius 3 is 2.94 bits per heavy atom. The van der Waals surface area contributed by atoms with Gasteiger partial charge in [0.15, 0.2) is 12.4 Å². The van der Waals surface area contributed by atoms with Gasteiger partial charge in [-0.2, -0.15) is 0 Å². The Hall–Kier alpha value is -2.08. The minimum atomic E-state index is -0.604. The third kappa shape index (κ3) is 4.06. The second-order valence-electron chi connectivity index (χ2n) is 3.25. The van der Waals surface area contributed by atoms with E-state index >= 15 is 0 Å². The fourth-order valence-corrected chi connectivity index (χ4v) is 1.30. The van der Waals surface area contributed by atoms with Crippen molar-refractivity contribution >= 4 is 23.2 Å². The third-order valence-corrected chi connectivity index (χ3v) is 2.16. The van der Waals surface area contributed by atoms with Gasteiger partial charge in [0, 0.05) is 23.7 Å². The van der Waals surface area contributed by atoms with E-state index in [-0.39, 0.29) is 18.0 Å². The number of nitro benzene ring substituents is 1. The van der Waals surface area contributed by atoms with Crippen molar-refractivity contribution < 1.29 is 14.5 Å². The van der Waals surface area contributed by atoms with E-state index in [9.17, 15) is 14.9 Å². The maximum atomic E-state index is 11.3. The summed E-state index contributed by atoms with van der Waals surface area (Å²) < 4.78 is 5.07. The second kappa shape index (κ2) is 6.61. The summed E-state index contributed by atoms with van der Waals surface area (Å²) in [6.45, 7) is 3.42. The van der Waals surface area contributed by atoms with Gasteiger partial charge in [-0.05, 0) is 6.07 Å².